The first-order valence-electron chi connectivity index (χ1n) is 7.93. The van der Waals surface area contributed by atoms with Crippen molar-refractivity contribution in [1.82, 2.24) is 24.0 Å². The van der Waals surface area contributed by atoms with E-state index in [1.54, 1.807) is 18.6 Å². The zero-order chi connectivity index (χ0) is 16.7. The van der Waals surface area contributed by atoms with Gasteiger partial charge in [0.2, 0.25) is 0 Å². The van der Waals surface area contributed by atoms with E-state index in [2.05, 4.69) is 9.97 Å². The highest BCUT2D eigenvalue weighted by Crippen LogP contribution is 2.27. The number of carbonyl (C=O) groups is 1. The summed E-state index contributed by atoms with van der Waals surface area (Å²) >= 11 is 0. The van der Waals surface area contributed by atoms with Crippen LogP contribution in [0.4, 0.5) is 0 Å². The van der Waals surface area contributed by atoms with Gasteiger partial charge in [-0.1, -0.05) is 0 Å². The molecule has 124 valence electrons. The fourth-order valence-corrected chi connectivity index (χ4v) is 3.27. The largest absolute Gasteiger partial charge is 0.377 e. The van der Waals surface area contributed by atoms with Crippen LogP contribution in [0, 0.1) is 0 Å². The Morgan fingerprint density at radius 2 is 2.12 bits per heavy atom. The van der Waals surface area contributed by atoms with Crippen molar-refractivity contribution in [3.05, 3.63) is 48.2 Å². The summed E-state index contributed by atoms with van der Waals surface area (Å²) in [7, 11) is 3.86. The van der Waals surface area contributed by atoms with E-state index in [1.807, 2.05) is 46.5 Å². The Morgan fingerprint density at radius 3 is 2.92 bits per heavy atom. The van der Waals surface area contributed by atoms with E-state index in [9.17, 15) is 4.79 Å². The summed E-state index contributed by atoms with van der Waals surface area (Å²) < 4.78 is 9.48. The summed E-state index contributed by atoms with van der Waals surface area (Å²) in [6.07, 6.45) is 5.33. The fourth-order valence-electron chi connectivity index (χ4n) is 3.27. The number of fused-ring (bicyclic) bond motifs is 1. The molecule has 4 heterocycles. The van der Waals surface area contributed by atoms with Gasteiger partial charge >= 0.3 is 0 Å². The fraction of sp³-hybridized carbons (Fsp3) is 0.353. The summed E-state index contributed by atoms with van der Waals surface area (Å²) in [5, 5.41) is 0. The number of aryl methyl sites for hydroxylation is 2. The van der Waals surface area contributed by atoms with Gasteiger partial charge in [0.15, 0.2) is 5.65 Å². The van der Waals surface area contributed by atoms with Crippen molar-refractivity contribution >= 4 is 17.1 Å². The van der Waals surface area contributed by atoms with Crippen molar-refractivity contribution in [2.45, 2.75) is 6.04 Å². The molecule has 1 unspecified atom stereocenters. The Bertz CT molecular complexity index is 897. The van der Waals surface area contributed by atoms with Gasteiger partial charge < -0.3 is 18.8 Å². The highest BCUT2D eigenvalue weighted by atomic mass is 16.5. The Labute approximate surface area is 139 Å². The number of ether oxygens (including phenoxy) is 1. The second-order valence-electron chi connectivity index (χ2n) is 6.02. The van der Waals surface area contributed by atoms with Gasteiger partial charge in [0.25, 0.3) is 5.91 Å². The van der Waals surface area contributed by atoms with Gasteiger partial charge in [0, 0.05) is 38.7 Å². The maximum Gasteiger partial charge on any atom is 0.256 e. The second-order valence-corrected chi connectivity index (χ2v) is 6.02. The molecule has 7 heteroatoms. The van der Waals surface area contributed by atoms with Crippen LogP contribution in [0.3, 0.4) is 0 Å². The number of rotatable bonds is 2. The van der Waals surface area contributed by atoms with Gasteiger partial charge in [-0.05, 0) is 18.2 Å². The molecule has 3 aromatic heterocycles. The number of hydrogen-bond donors (Lipinski definition) is 0. The average molecular weight is 325 g/mol. The molecule has 4 rings (SSSR count). The molecule has 7 nitrogen and oxygen atoms in total. The predicted molar refractivity (Wildman–Crippen MR) is 88.5 cm³/mol. The molecule has 0 bridgehead atoms. The van der Waals surface area contributed by atoms with Gasteiger partial charge in [0.05, 0.1) is 31.1 Å². The zero-order valence-corrected chi connectivity index (χ0v) is 13.7. The quantitative estimate of drug-likeness (QED) is 0.716. The van der Waals surface area contributed by atoms with Gasteiger partial charge in [-0.2, -0.15) is 0 Å². The first-order chi connectivity index (χ1) is 11.7. The van der Waals surface area contributed by atoms with Crippen LogP contribution in [-0.4, -0.2) is 49.7 Å². The lowest BCUT2D eigenvalue weighted by atomic mass is 10.1. The molecule has 0 radical (unpaired) electrons. The SMILES string of the molecule is Cn1cccc1C1COCCN1C(=O)c1ccnc2c1ncn2C. The second kappa shape index (κ2) is 5.76. The third-order valence-electron chi connectivity index (χ3n) is 4.54. The van der Waals surface area contributed by atoms with E-state index < -0.39 is 0 Å². The number of imidazole rings is 1. The van der Waals surface area contributed by atoms with Crippen molar-refractivity contribution in [2.75, 3.05) is 19.8 Å². The minimum atomic E-state index is -0.0989. The van der Waals surface area contributed by atoms with E-state index in [4.69, 9.17) is 4.74 Å². The summed E-state index contributed by atoms with van der Waals surface area (Å²) in [5.74, 6) is -0.0319. The van der Waals surface area contributed by atoms with Crippen LogP contribution in [-0.2, 0) is 18.8 Å². The van der Waals surface area contributed by atoms with E-state index in [0.29, 0.717) is 36.5 Å². The molecule has 0 saturated carbocycles. The Kier molecular flexibility index (Phi) is 3.57. The van der Waals surface area contributed by atoms with Crippen LogP contribution in [0.1, 0.15) is 22.1 Å². The predicted octanol–water partition coefficient (Wildman–Crippen LogP) is 1.52. The van der Waals surface area contributed by atoms with Crippen molar-refractivity contribution in [1.29, 1.82) is 0 Å². The van der Waals surface area contributed by atoms with Gasteiger partial charge in [-0.3, -0.25) is 4.79 Å². The van der Waals surface area contributed by atoms with Gasteiger partial charge in [-0.15, -0.1) is 0 Å². The van der Waals surface area contributed by atoms with E-state index in [1.165, 1.54) is 0 Å². The van der Waals surface area contributed by atoms with Crippen LogP contribution in [0.2, 0.25) is 0 Å². The van der Waals surface area contributed by atoms with Crippen LogP contribution < -0.4 is 0 Å². The number of morpholine rings is 1. The summed E-state index contributed by atoms with van der Waals surface area (Å²) in [6, 6.07) is 5.66. The summed E-state index contributed by atoms with van der Waals surface area (Å²) in [4.78, 5) is 23.8. The highest BCUT2D eigenvalue weighted by Gasteiger charge is 2.31. The molecule has 0 aromatic carbocycles. The monoisotopic (exact) mass is 325 g/mol. The summed E-state index contributed by atoms with van der Waals surface area (Å²) in [5.41, 5.74) is 3.00. The number of carbonyl (C=O) groups excluding carboxylic acids is 1. The first kappa shape index (κ1) is 14.9. The summed E-state index contributed by atoms with van der Waals surface area (Å²) in [6.45, 7) is 1.61. The van der Waals surface area contributed by atoms with Crippen LogP contribution >= 0.6 is 0 Å². The van der Waals surface area contributed by atoms with E-state index in [-0.39, 0.29) is 11.9 Å². The van der Waals surface area contributed by atoms with E-state index in [0.717, 1.165) is 5.69 Å². The lowest BCUT2D eigenvalue weighted by Gasteiger charge is -2.36. The molecule has 1 aliphatic heterocycles. The smallest absolute Gasteiger partial charge is 0.256 e. The molecule has 0 N–H and O–H groups in total. The Balaban J connectivity index is 1.75. The molecular weight excluding hydrogens is 306 g/mol. The van der Waals surface area contributed by atoms with Crippen LogP contribution in [0.15, 0.2) is 36.9 Å². The highest BCUT2D eigenvalue weighted by molar-refractivity contribution is 6.04. The normalized spacial score (nSPS) is 18.2. The third-order valence-corrected chi connectivity index (χ3v) is 4.54. The van der Waals surface area contributed by atoms with Crippen LogP contribution in [0.25, 0.3) is 11.2 Å². The molecule has 1 aliphatic rings. The molecule has 1 saturated heterocycles. The molecule has 1 atom stereocenters. The van der Waals surface area contributed by atoms with Crippen LogP contribution in [0.5, 0.6) is 0 Å². The van der Waals surface area contributed by atoms with Crippen molar-refractivity contribution < 1.29 is 9.53 Å². The number of hydrogen-bond acceptors (Lipinski definition) is 4. The number of nitrogens with zero attached hydrogens (tertiary/aromatic N) is 5. The minimum Gasteiger partial charge on any atom is -0.377 e. The lowest BCUT2D eigenvalue weighted by molar-refractivity contribution is -0.00454. The van der Waals surface area contributed by atoms with Crippen molar-refractivity contribution in [2.24, 2.45) is 14.1 Å². The van der Waals surface area contributed by atoms with Gasteiger partial charge in [-0.25, -0.2) is 9.97 Å². The van der Waals surface area contributed by atoms with E-state index >= 15 is 0 Å². The Morgan fingerprint density at radius 1 is 1.25 bits per heavy atom. The standard InChI is InChI=1S/C17H19N5O2/c1-20-7-3-4-13(20)14-10-24-9-8-22(14)17(23)12-5-6-18-16-15(12)19-11-21(16)2/h3-7,11,14H,8-10H2,1-2H3. The maximum atomic E-state index is 13.2. The number of pyridine rings is 1. The third kappa shape index (κ3) is 2.28. The maximum absolute atomic E-state index is 13.2. The molecule has 1 amide bonds. The van der Waals surface area contributed by atoms with Gasteiger partial charge in [0.1, 0.15) is 5.52 Å². The van der Waals surface area contributed by atoms with Crippen molar-refractivity contribution in [3.8, 4) is 0 Å². The first-order valence-corrected chi connectivity index (χ1v) is 7.93. The molecule has 0 aliphatic carbocycles. The molecule has 24 heavy (non-hydrogen) atoms. The lowest BCUT2D eigenvalue weighted by Crippen LogP contribution is -2.44. The Hall–Kier alpha value is -2.67. The molecule has 0 spiro atoms. The minimum absolute atomic E-state index is 0.0319. The molecule has 1 fully saturated rings. The topological polar surface area (TPSA) is 65.2 Å². The molecule has 3 aromatic rings. The zero-order valence-electron chi connectivity index (χ0n) is 13.7. The average Bonchev–Trinajstić information content (AvgIpc) is 3.20. The number of aromatic nitrogens is 4. The number of amides is 1. The molecular formula is C17H19N5O2. The van der Waals surface area contributed by atoms with Crippen molar-refractivity contribution in [3.63, 3.8) is 0 Å².